The first-order valence-electron chi connectivity index (χ1n) is 5.23. The molecule has 0 saturated heterocycles. The van der Waals surface area contributed by atoms with E-state index in [1.807, 2.05) is 20.8 Å². The van der Waals surface area contributed by atoms with Crippen LogP contribution in [-0.2, 0) is 0 Å². The standard InChI is InChI=1S/C10H13NO2.C2H6.H2/c1-3-13-9-6-4-8(5-7-9)10(12)11-2;1-2;/h4-7H,3H2,1-2H3,(H,11,12);1-2H3;1H. The molecular formula is C12H21NO2. The lowest BCUT2D eigenvalue weighted by atomic mass is 10.2. The molecule has 1 aromatic rings. The first-order chi connectivity index (χ1) is 7.27. The van der Waals surface area contributed by atoms with Gasteiger partial charge in [0.05, 0.1) is 6.61 Å². The number of ether oxygens (including phenoxy) is 1. The Morgan fingerprint density at radius 2 is 1.87 bits per heavy atom. The number of hydrogen-bond donors (Lipinski definition) is 1. The van der Waals surface area contributed by atoms with E-state index in [4.69, 9.17) is 4.74 Å². The van der Waals surface area contributed by atoms with E-state index in [-0.39, 0.29) is 7.33 Å². The smallest absolute Gasteiger partial charge is 0.251 e. The van der Waals surface area contributed by atoms with E-state index >= 15 is 0 Å². The molecule has 3 heteroatoms. The second-order valence-electron chi connectivity index (χ2n) is 2.54. The van der Waals surface area contributed by atoms with Gasteiger partial charge in [-0.15, -0.1) is 0 Å². The minimum atomic E-state index is -0.0805. The molecule has 0 spiro atoms. The van der Waals surface area contributed by atoms with Gasteiger partial charge in [0.1, 0.15) is 5.75 Å². The Bertz CT molecular complexity index is 286. The van der Waals surface area contributed by atoms with Gasteiger partial charge < -0.3 is 10.1 Å². The largest absolute Gasteiger partial charge is 0.494 e. The van der Waals surface area contributed by atoms with Gasteiger partial charge in [0.15, 0.2) is 0 Å². The van der Waals surface area contributed by atoms with Crippen LogP contribution in [0.4, 0.5) is 0 Å². The third-order valence-electron chi connectivity index (χ3n) is 1.65. The van der Waals surface area contributed by atoms with Crippen molar-refractivity contribution in [2.45, 2.75) is 20.8 Å². The maximum absolute atomic E-state index is 11.1. The molecule has 0 bridgehead atoms. The van der Waals surface area contributed by atoms with E-state index in [1.54, 1.807) is 31.3 Å². The molecular weight excluding hydrogens is 190 g/mol. The summed E-state index contributed by atoms with van der Waals surface area (Å²) >= 11 is 0. The maximum Gasteiger partial charge on any atom is 0.251 e. The van der Waals surface area contributed by atoms with Crippen molar-refractivity contribution in [3.8, 4) is 5.75 Å². The van der Waals surface area contributed by atoms with Gasteiger partial charge in [-0.2, -0.15) is 0 Å². The molecule has 3 nitrogen and oxygen atoms in total. The van der Waals surface area contributed by atoms with Crippen LogP contribution >= 0.6 is 0 Å². The Hall–Kier alpha value is -1.51. The quantitative estimate of drug-likeness (QED) is 0.834. The molecule has 0 atom stereocenters. The van der Waals surface area contributed by atoms with Gasteiger partial charge >= 0.3 is 0 Å². The van der Waals surface area contributed by atoms with Gasteiger partial charge in [-0.3, -0.25) is 4.79 Å². The van der Waals surface area contributed by atoms with Gasteiger partial charge in [0, 0.05) is 14.0 Å². The van der Waals surface area contributed by atoms with Gasteiger partial charge in [-0.25, -0.2) is 0 Å². The summed E-state index contributed by atoms with van der Waals surface area (Å²) in [6.45, 7) is 6.56. The van der Waals surface area contributed by atoms with Crippen molar-refractivity contribution >= 4 is 5.91 Å². The molecule has 1 amide bonds. The van der Waals surface area contributed by atoms with Crippen LogP contribution in [0.25, 0.3) is 0 Å². The van der Waals surface area contributed by atoms with E-state index in [2.05, 4.69) is 5.32 Å². The first kappa shape index (κ1) is 13.5. The summed E-state index contributed by atoms with van der Waals surface area (Å²) in [6.07, 6.45) is 0. The van der Waals surface area contributed by atoms with E-state index < -0.39 is 0 Å². The predicted molar refractivity (Wildman–Crippen MR) is 64.5 cm³/mol. The fraction of sp³-hybridized carbons (Fsp3) is 0.417. The summed E-state index contributed by atoms with van der Waals surface area (Å²) in [5.41, 5.74) is 0.644. The Morgan fingerprint density at radius 3 is 2.27 bits per heavy atom. The number of rotatable bonds is 3. The van der Waals surface area contributed by atoms with Crippen LogP contribution in [0.15, 0.2) is 24.3 Å². The second-order valence-corrected chi connectivity index (χ2v) is 2.54. The van der Waals surface area contributed by atoms with Crippen molar-refractivity contribution in [1.29, 1.82) is 0 Å². The third-order valence-corrected chi connectivity index (χ3v) is 1.65. The van der Waals surface area contributed by atoms with Crippen molar-refractivity contribution in [2.75, 3.05) is 13.7 Å². The second kappa shape index (κ2) is 7.85. The molecule has 0 aliphatic heterocycles. The Balaban J connectivity index is 0. The summed E-state index contributed by atoms with van der Waals surface area (Å²) in [5.74, 6) is 0.707. The minimum Gasteiger partial charge on any atom is -0.494 e. The van der Waals surface area contributed by atoms with Gasteiger partial charge in [-0.1, -0.05) is 13.8 Å². The highest BCUT2D eigenvalue weighted by Gasteiger charge is 2.01. The van der Waals surface area contributed by atoms with Crippen LogP contribution in [0.2, 0.25) is 0 Å². The lowest BCUT2D eigenvalue weighted by Gasteiger charge is -2.03. The Kier molecular flexibility index (Phi) is 7.06. The van der Waals surface area contributed by atoms with Crippen molar-refractivity contribution in [3.05, 3.63) is 29.8 Å². The van der Waals surface area contributed by atoms with E-state index in [9.17, 15) is 4.79 Å². The van der Waals surface area contributed by atoms with Gasteiger partial charge in [0.25, 0.3) is 5.91 Å². The van der Waals surface area contributed by atoms with Crippen LogP contribution in [0, 0.1) is 0 Å². The predicted octanol–water partition coefficient (Wildman–Crippen LogP) is 2.72. The first-order valence-corrected chi connectivity index (χ1v) is 5.23. The molecule has 0 radical (unpaired) electrons. The average molecular weight is 211 g/mol. The molecule has 0 heterocycles. The highest BCUT2D eigenvalue weighted by atomic mass is 16.5. The minimum absolute atomic E-state index is 0. The van der Waals surface area contributed by atoms with Crippen molar-refractivity contribution in [1.82, 2.24) is 5.32 Å². The topological polar surface area (TPSA) is 38.3 Å². The molecule has 0 aliphatic rings. The fourth-order valence-electron chi connectivity index (χ4n) is 1.01. The number of carbonyl (C=O) groups excluding carboxylic acids is 1. The highest BCUT2D eigenvalue weighted by Crippen LogP contribution is 2.11. The van der Waals surface area contributed by atoms with Crippen LogP contribution in [0.1, 0.15) is 32.6 Å². The average Bonchev–Trinajstić information content (AvgIpc) is 2.32. The summed E-state index contributed by atoms with van der Waals surface area (Å²) in [5, 5.41) is 2.55. The zero-order valence-corrected chi connectivity index (χ0v) is 9.83. The molecule has 0 aromatic heterocycles. The number of benzene rings is 1. The fourth-order valence-corrected chi connectivity index (χ4v) is 1.01. The Morgan fingerprint density at radius 1 is 1.33 bits per heavy atom. The lowest BCUT2D eigenvalue weighted by molar-refractivity contribution is 0.0963. The summed E-state index contributed by atoms with van der Waals surface area (Å²) < 4.78 is 5.24. The molecule has 0 fully saturated rings. The normalized spacial score (nSPS) is 8.53. The molecule has 0 saturated carbocycles. The Labute approximate surface area is 92.9 Å². The van der Waals surface area contributed by atoms with Gasteiger partial charge in [0.2, 0.25) is 0 Å². The van der Waals surface area contributed by atoms with Gasteiger partial charge in [-0.05, 0) is 31.2 Å². The van der Waals surface area contributed by atoms with Crippen LogP contribution in [-0.4, -0.2) is 19.6 Å². The summed E-state index contributed by atoms with van der Waals surface area (Å²) in [7, 11) is 1.61. The van der Waals surface area contributed by atoms with E-state index in [1.165, 1.54) is 0 Å². The molecule has 1 rings (SSSR count). The van der Waals surface area contributed by atoms with E-state index in [0.717, 1.165) is 5.75 Å². The van der Waals surface area contributed by atoms with Crippen LogP contribution in [0.3, 0.4) is 0 Å². The zero-order chi connectivity index (χ0) is 11.7. The molecule has 0 unspecified atom stereocenters. The third kappa shape index (κ3) is 4.49. The SMILES string of the molecule is CC.CCOc1ccc(C(=O)NC)cc1.[HH]. The molecule has 0 aliphatic carbocycles. The molecule has 86 valence electrons. The summed E-state index contributed by atoms with van der Waals surface area (Å²) in [4.78, 5) is 11.1. The molecule has 1 aromatic carbocycles. The van der Waals surface area contributed by atoms with Crippen molar-refractivity contribution in [2.24, 2.45) is 0 Å². The number of amides is 1. The van der Waals surface area contributed by atoms with Crippen molar-refractivity contribution < 1.29 is 11.0 Å². The monoisotopic (exact) mass is 211 g/mol. The van der Waals surface area contributed by atoms with E-state index in [0.29, 0.717) is 12.2 Å². The summed E-state index contributed by atoms with van der Waals surface area (Å²) in [6, 6.07) is 7.05. The maximum atomic E-state index is 11.1. The number of carbonyl (C=O) groups is 1. The van der Waals surface area contributed by atoms with Crippen LogP contribution < -0.4 is 10.1 Å². The molecule has 15 heavy (non-hydrogen) atoms. The molecule has 1 N–H and O–H groups in total. The number of hydrogen-bond acceptors (Lipinski definition) is 2. The zero-order valence-electron chi connectivity index (χ0n) is 9.83. The van der Waals surface area contributed by atoms with Crippen molar-refractivity contribution in [3.63, 3.8) is 0 Å². The van der Waals surface area contributed by atoms with Crippen LogP contribution in [0.5, 0.6) is 5.75 Å². The lowest BCUT2D eigenvalue weighted by Crippen LogP contribution is -2.17. The number of nitrogens with one attached hydrogen (secondary N) is 1. The highest BCUT2D eigenvalue weighted by molar-refractivity contribution is 5.94.